The van der Waals surface area contributed by atoms with E-state index in [-0.39, 0.29) is 11.1 Å². The van der Waals surface area contributed by atoms with Crippen LogP contribution in [0.25, 0.3) is 6.08 Å². The lowest BCUT2D eigenvalue weighted by Gasteiger charge is -2.25. The molecule has 0 spiro atoms. The van der Waals surface area contributed by atoms with Gasteiger partial charge in [-0.1, -0.05) is 19.3 Å². The number of methoxy groups -OCH3 is 1. The van der Waals surface area contributed by atoms with Gasteiger partial charge in [0.25, 0.3) is 11.1 Å². The molecule has 0 unspecified atom stereocenters. The lowest BCUT2D eigenvalue weighted by molar-refractivity contribution is -0.123. The van der Waals surface area contributed by atoms with Gasteiger partial charge >= 0.3 is 0 Å². The van der Waals surface area contributed by atoms with Crippen LogP contribution in [0.1, 0.15) is 44.6 Å². The van der Waals surface area contributed by atoms with Gasteiger partial charge in [0, 0.05) is 6.54 Å². The van der Waals surface area contributed by atoms with Crippen molar-refractivity contribution in [3.63, 3.8) is 0 Å². The van der Waals surface area contributed by atoms with Gasteiger partial charge in [-0.2, -0.15) is 0 Å². The number of hydrogen-bond acceptors (Lipinski definition) is 5. The molecular weight excluding hydrogens is 430 g/mol. The fraction of sp³-hybridized carbons (Fsp3) is 0.500. The number of carbonyl (C=O) groups is 2. The summed E-state index contributed by atoms with van der Waals surface area (Å²) in [6, 6.07) is 3.68. The molecular formula is C20H24BrNO4S. The van der Waals surface area contributed by atoms with E-state index in [2.05, 4.69) is 15.9 Å². The maximum absolute atomic E-state index is 12.8. The zero-order valence-electron chi connectivity index (χ0n) is 15.6. The first-order valence-electron chi connectivity index (χ1n) is 9.29. The van der Waals surface area contributed by atoms with Gasteiger partial charge in [-0.25, -0.2) is 0 Å². The summed E-state index contributed by atoms with van der Waals surface area (Å²) in [7, 11) is 1.58. The average molecular weight is 454 g/mol. The minimum atomic E-state index is -0.194. The Bertz CT molecular complexity index is 759. The summed E-state index contributed by atoms with van der Waals surface area (Å²) >= 11 is 4.49. The Balaban J connectivity index is 1.80. The lowest BCUT2D eigenvalue weighted by atomic mass is 9.89. The van der Waals surface area contributed by atoms with E-state index in [0.717, 1.165) is 34.6 Å². The second-order valence-corrected chi connectivity index (χ2v) is 8.61. The maximum Gasteiger partial charge on any atom is 0.293 e. The first-order valence-corrected chi connectivity index (χ1v) is 10.9. The van der Waals surface area contributed by atoms with Crippen LogP contribution in [-0.2, 0) is 4.79 Å². The lowest BCUT2D eigenvalue weighted by Crippen LogP contribution is -2.34. The number of imide groups is 1. The molecule has 2 fully saturated rings. The van der Waals surface area contributed by atoms with Crippen LogP contribution in [0.15, 0.2) is 21.5 Å². The van der Waals surface area contributed by atoms with Crippen molar-refractivity contribution < 1.29 is 19.1 Å². The molecule has 27 heavy (non-hydrogen) atoms. The second-order valence-electron chi connectivity index (χ2n) is 6.76. The van der Waals surface area contributed by atoms with E-state index in [1.54, 1.807) is 13.2 Å². The van der Waals surface area contributed by atoms with Crippen molar-refractivity contribution in [2.75, 3.05) is 20.3 Å². The molecule has 7 heteroatoms. The molecule has 1 aromatic rings. The van der Waals surface area contributed by atoms with E-state index >= 15 is 0 Å². The molecule has 1 saturated heterocycles. The molecule has 1 aromatic carbocycles. The van der Waals surface area contributed by atoms with Crippen molar-refractivity contribution in [3.8, 4) is 11.5 Å². The second kappa shape index (κ2) is 9.15. The molecule has 2 aliphatic rings. The molecule has 1 saturated carbocycles. The molecule has 0 atom stereocenters. The van der Waals surface area contributed by atoms with Crippen molar-refractivity contribution in [1.29, 1.82) is 0 Å². The van der Waals surface area contributed by atoms with E-state index in [0.29, 0.717) is 35.5 Å². The quantitative estimate of drug-likeness (QED) is 0.534. The Morgan fingerprint density at radius 2 is 2.00 bits per heavy atom. The normalized spacial score (nSPS) is 19.8. The number of hydrogen-bond donors (Lipinski definition) is 0. The van der Waals surface area contributed by atoms with Crippen molar-refractivity contribution in [2.24, 2.45) is 5.92 Å². The minimum absolute atomic E-state index is 0.172. The Morgan fingerprint density at radius 3 is 2.67 bits per heavy atom. The zero-order chi connectivity index (χ0) is 19.4. The Kier molecular flexibility index (Phi) is 6.87. The number of rotatable bonds is 6. The minimum Gasteiger partial charge on any atom is -0.492 e. The summed E-state index contributed by atoms with van der Waals surface area (Å²) in [5.41, 5.74) is 0.786. The molecule has 1 aliphatic heterocycles. The van der Waals surface area contributed by atoms with Gasteiger partial charge in [0.05, 0.1) is 23.1 Å². The maximum atomic E-state index is 12.8. The summed E-state index contributed by atoms with van der Waals surface area (Å²) in [6.45, 7) is 2.94. The van der Waals surface area contributed by atoms with Gasteiger partial charge in [0.2, 0.25) is 0 Å². The summed E-state index contributed by atoms with van der Waals surface area (Å²) in [5.74, 6) is 1.45. The van der Waals surface area contributed by atoms with Crippen molar-refractivity contribution in [3.05, 3.63) is 27.1 Å². The van der Waals surface area contributed by atoms with Gasteiger partial charge in [-0.05, 0) is 77.1 Å². The molecule has 1 heterocycles. The first-order chi connectivity index (χ1) is 13.0. The summed E-state index contributed by atoms with van der Waals surface area (Å²) in [5, 5.41) is -0.172. The van der Waals surface area contributed by atoms with Gasteiger partial charge < -0.3 is 9.47 Å². The SMILES string of the molecule is CCOc1cc(/C=C2/SC(=O)N(CC3CCCCC3)C2=O)cc(Br)c1OC. The van der Waals surface area contributed by atoms with Crippen LogP contribution in [0.5, 0.6) is 11.5 Å². The van der Waals surface area contributed by atoms with Crippen molar-refractivity contribution in [1.82, 2.24) is 4.90 Å². The smallest absolute Gasteiger partial charge is 0.293 e. The predicted octanol–water partition coefficient (Wildman–Crippen LogP) is 5.47. The largest absolute Gasteiger partial charge is 0.492 e. The Labute approximate surface area is 172 Å². The van der Waals surface area contributed by atoms with Crippen LogP contribution >= 0.6 is 27.7 Å². The third-order valence-corrected chi connectivity index (χ3v) is 6.37. The topological polar surface area (TPSA) is 55.8 Å². The first kappa shape index (κ1) is 20.3. The molecule has 2 amide bonds. The summed E-state index contributed by atoms with van der Waals surface area (Å²) < 4.78 is 11.7. The van der Waals surface area contributed by atoms with Gasteiger partial charge in [-0.15, -0.1) is 0 Å². The van der Waals surface area contributed by atoms with E-state index in [4.69, 9.17) is 9.47 Å². The molecule has 0 aromatic heterocycles. The Morgan fingerprint density at radius 1 is 1.26 bits per heavy atom. The standard InChI is InChI=1S/C20H24BrNO4S/c1-3-26-16-10-14(9-15(21)18(16)25-2)11-17-19(23)22(20(24)27-17)12-13-7-5-4-6-8-13/h9-11,13H,3-8,12H2,1-2H3/b17-11+. The average Bonchev–Trinajstić information content (AvgIpc) is 2.90. The number of nitrogens with zero attached hydrogens (tertiary/aromatic N) is 1. The van der Waals surface area contributed by atoms with Crippen LogP contribution in [0.3, 0.4) is 0 Å². The zero-order valence-corrected chi connectivity index (χ0v) is 18.0. The van der Waals surface area contributed by atoms with Crippen molar-refractivity contribution in [2.45, 2.75) is 39.0 Å². The summed E-state index contributed by atoms with van der Waals surface area (Å²) in [6.07, 6.45) is 7.59. The fourth-order valence-electron chi connectivity index (χ4n) is 3.57. The highest BCUT2D eigenvalue weighted by Crippen LogP contribution is 2.39. The summed E-state index contributed by atoms with van der Waals surface area (Å²) in [4.78, 5) is 27.0. The number of carbonyl (C=O) groups excluding carboxylic acids is 2. The molecule has 1 aliphatic carbocycles. The fourth-order valence-corrected chi connectivity index (χ4v) is 5.04. The molecule has 0 N–H and O–H groups in total. The molecule has 0 radical (unpaired) electrons. The van der Waals surface area contributed by atoms with E-state index in [1.807, 2.05) is 19.1 Å². The van der Waals surface area contributed by atoms with Crippen LogP contribution < -0.4 is 9.47 Å². The van der Waals surface area contributed by atoms with Crippen LogP contribution in [-0.4, -0.2) is 36.3 Å². The van der Waals surface area contributed by atoms with Crippen LogP contribution in [0.2, 0.25) is 0 Å². The molecule has 146 valence electrons. The highest BCUT2D eigenvalue weighted by Gasteiger charge is 2.36. The monoisotopic (exact) mass is 453 g/mol. The third kappa shape index (κ3) is 4.69. The number of halogens is 1. The third-order valence-electron chi connectivity index (χ3n) is 4.87. The number of amides is 2. The van der Waals surface area contributed by atoms with Gasteiger partial charge in [0.1, 0.15) is 0 Å². The molecule has 3 rings (SSSR count). The molecule has 0 bridgehead atoms. The van der Waals surface area contributed by atoms with Gasteiger partial charge in [-0.3, -0.25) is 14.5 Å². The predicted molar refractivity (Wildman–Crippen MR) is 111 cm³/mol. The highest BCUT2D eigenvalue weighted by atomic mass is 79.9. The number of ether oxygens (including phenoxy) is 2. The van der Waals surface area contributed by atoms with Crippen LogP contribution in [0, 0.1) is 5.92 Å². The number of thioether (sulfide) groups is 1. The molecule has 5 nitrogen and oxygen atoms in total. The van der Waals surface area contributed by atoms with E-state index in [1.165, 1.54) is 24.2 Å². The van der Waals surface area contributed by atoms with Crippen LogP contribution in [0.4, 0.5) is 4.79 Å². The Hall–Kier alpha value is -1.47. The van der Waals surface area contributed by atoms with E-state index in [9.17, 15) is 9.59 Å². The van der Waals surface area contributed by atoms with Crippen molar-refractivity contribution >= 4 is 44.9 Å². The van der Waals surface area contributed by atoms with E-state index < -0.39 is 0 Å². The van der Waals surface area contributed by atoms with Gasteiger partial charge in [0.15, 0.2) is 11.5 Å². The number of benzene rings is 1. The highest BCUT2D eigenvalue weighted by molar-refractivity contribution is 9.10.